The highest BCUT2D eigenvalue weighted by Crippen LogP contribution is 2.46. The lowest BCUT2D eigenvalue weighted by molar-refractivity contribution is -0.384. The summed E-state index contributed by atoms with van der Waals surface area (Å²) in [5.74, 6) is 0.248. The molecule has 1 N–H and O–H groups in total. The van der Waals surface area contributed by atoms with Crippen molar-refractivity contribution < 1.29 is 19.2 Å². The Hall–Kier alpha value is -3.96. The molecule has 2 aliphatic rings. The molecule has 0 aliphatic carbocycles. The fraction of sp³-hybridized carbons (Fsp3) is 0.276. The minimum atomic E-state index is -0.635. The van der Waals surface area contributed by atoms with Crippen LogP contribution >= 0.6 is 27.5 Å². The molecule has 212 valence electrons. The molecule has 5 rings (SSSR count). The van der Waals surface area contributed by atoms with Crippen LogP contribution in [0.4, 0.5) is 10.5 Å². The first-order chi connectivity index (χ1) is 19.6. The maximum Gasteiger partial charge on any atom is 0.326 e. The zero-order valence-electron chi connectivity index (χ0n) is 22.3. The van der Waals surface area contributed by atoms with Crippen molar-refractivity contribution >= 4 is 51.0 Å². The van der Waals surface area contributed by atoms with Crippen LogP contribution in [0.3, 0.4) is 0 Å². The van der Waals surface area contributed by atoms with Crippen LogP contribution in [0.25, 0.3) is 0 Å². The van der Waals surface area contributed by atoms with Crippen LogP contribution in [-0.2, 0) is 4.79 Å². The van der Waals surface area contributed by atoms with Crippen molar-refractivity contribution in [2.75, 3.05) is 19.6 Å². The maximum absolute atomic E-state index is 14.3. The van der Waals surface area contributed by atoms with E-state index in [0.717, 1.165) is 15.6 Å². The zero-order chi connectivity index (χ0) is 29.3. The number of carbonyl (C=O) groups is 2. The van der Waals surface area contributed by atoms with E-state index in [0.29, 0.717) is 23.7 Å². The number of amides is 3. The third-order valence-corrected chi connectivity index (χ3v) is 7.53. The van der Waals surface area contributed by atoms with Gasteiger partial charge in [0.1, 0.15) is 24.2 Å². The second kappa shape index (κ2) is 11.9. The number of carbonyl (C=O) groups excluding carboxylic acids is 2. The SMILES string of the molecule is CC(C)Oc1cc([N+](=O)[O-])ccc1C1=N[C@@H](c2ccc(Br)cc2)[C@@H](c2cccc(Cl)c2)N1C(=O)N1CCNC(=O)C1. The molecule has 0 aromatic heterocycles. The van der Waals surface area contributed by atoms with E-state index in [1.807, 2.05) is 50.2 Å². The Morgan fingerprint density at radius 2 is 1.90 bits per heavy atom. The average Bonchev–Trinajstić information content (AvgIpc) is 3.33. The number of hydrogen-bond donors (Lipinski definition) is 1. The first kappa shape index (κ1) is 28.6. The van der Waals surface area contributed by atoms with Crippen molar-refractivity contribution in [3.05, 3.63) is 103 Å². The van der Waals surface area contributed by atoms with Crippen LogP contribution in [0.2, 0.25) is 5.02 Å². The van der Waals surface area contributed by atoms with Gasteiger partial charge in [0.05, 0.1) is 28.7 Å². The molecule has 0 bridgehead atoms. The van der Waals surface area contributed by atoms with Gasteiger partial charge in [0.2, 0.25) is 5.91 Å². The number of nitrogens with zero attached hydrogens (tertiary/aromatic N) is 4. The number of ether oxygens (including phenoxy) is 1. The van der Waals surface area contributed by atoms with Gasteiger partial charge in [-0.05, 0) is 55.3 Å². The van der Waals surface area contributed by atoms with Gasteiger partial charge in [-0.2, -0.15) is 0 Å². The number of halogens is 2. The van der Waals surface area contributed by atoms with Crippen LogP contribution in [0, 0.1) is 10.1 Å². The number of nitro groups is 1. The molecule has 3 aromatic rings. The Balaban J connectivity index is 1.73. The van der Waals surface area contributed by atoms with Crippen LogP contribution in [-0.4, -0.2) is 58.2 Å². The number of aliphatic imine (C=N–C) groups is 1. The van der Waals surface area contributed by atoms with Crippen molar-refractivity contribution in [3.63, 3.8) is 0 Å². The third-order valence-electron chi connectivity index (χ3n) is 6.76. The van der Waals surface area contributed by atoms with Gasteiger partial charge in [-0.15, -0.1) is 0 Å². The third kappa shape index (κ3) is 6.06. The summed E-state index contributed by atoms with van der Waals surface area (Å²) in [7, 11) is 0. The van der Waals surface area contributed by atoms with Gasteiger partial charge in [-0.3, -0.25) is 24.8 Å². The summed E-state index contributed by atoms with van der Waals surface area (Å²) in [5.41, 5.74) is 1.86. The lowest BCUT2D eigenvalue weighted by Gasteiger charge is -2.35. The van der Waals surface area contributed by atoms with Crippen LogP contribution < -0.4 is 10.1 Å². The summed E-state index contributed by atoms with van der Waals surface area (Å²) in [6, 6.07) is 17.5. The first-order valence-electron chi connectivity index (χ1n) is 13.0. The van der Waals surface area contributed by atoms with Crippen LogP contribution in [0.1, 0.15) is 42.6 Å². The molecule has 3 aromatic carbocycles. The van der Waals surface area contributed by atoms with E-state index in [2.05, 4.69) is 21.2 Å². The molecule has 1 fully saturated rings. The van der Waals surface area contributed by atoms with Gasteiger partial charge >= 0.3 is 6.03 Å². The van der Waals surface area contributed by atoms with E-state index >= 15 is 0 Å². The minimum Gasteiger partial charge on any atom is -0.490 e. The molecule has 12 heteroatoms. The summed E-state index contributed by atoms with van der Waals surface area (Å²) in [4.78, 5) is 45.9. The highest BCUT2D eigenvalue weighted by Gasteiger charge is 2.45. The van der Waals surface area contributed by atoms with E-state index in [1.165, 1.54) is 17.0 Å². The van der Waals surface area contributed by atoms with Crippen molar-refractivity contribution in [1.82, 2.24) is 15.1 Å². The second-order valence-electron chi connectivity index (χ2n) is 9.98. The molecule has 2 aliphatic heterocycles. The predicted molar refractivity (Wildman–Crippen MR) is 158 cm³/mol. The summed E-state index contributed by atoms with van der Waals surface area (Å²) >= 11 is 9.90. The van der Waals surface area contributed by atoms with Crippen molar-refractivity contribution in [2.45, 2.75) is 32.0 Å². The Kier molecular flexibility index (Phi) is 8.27. The Labute approximate surface area is 250 Å². The largest absolute Gasteiger partial charge is 0.490 e. The quantitative estimate of drug-likeness (QED) is 0.266. The Morgan fingerprint density at radius 1 is 1.15 bits per heavy atom. The number of hydrogen-bond acceptors (Lipinski definition) is 6. The van der Waals surface area contributed by atoms with Gasteiger partial charge in [0.25, 0.3) is 5.69 Å². The molecule has 41 heavy (non-hydrogen) atoms. The number of nitro benzene ring substituents is 1. The highest BCUT2D eigenvalue weighted by molar-refractivity contribution is 9.10. The fourth-order valence-electron chi connectivity index (χ4n) is 5.00. The minimum absolute atomic E-state index is 0.108. The monoisotopic (exact) mass is 639 g/mol. The average molecular weight is 641 g/mol. The first-order valence-corrected chi connectivity index (χ1v) is 14.2. The molecular weight excluding hydrogens is 614 g/mol. The van der Waals surface area contributed by atoms with E-state index in [-0.39, 0.29) is 35.8 Å². The zero-order valence-corrected chi connectivity index (χ0v) is 24.6. The molecule has 1 saturated heterocycles. The molecule has 0 radical (unpaired) electrons. The van der Waals surface area contributed by atoms with Gasteiger partial charge in [0, 0.05) is 28.7 Å². The predicted octanol–water partition coefficient (Wildman–Crippen LogP) is 5.89. The highest BCUT2D eigenvalue weighted by atomic mass is 79.9. The van der Waals surface area contributed by atoms with Crippen molar-refractivity contribution in [3.8, 4) is 5.75 Å². The van der Waals surface area contributed by atoms with Gasteiger partial charge in [-0.25, -0.2) is 4.79 Å². The van der Waals surface area contributed by atoms with Crippen molar-refractivity contribution in [1.29, 1.82) is 0 Å². The summed E-state index contributed by atoms with van der Waals surface area (Å²) in [6.45, 7) is 4.15. The normalized spacial score (nSPS) is 18.8. The summed E-state index contributed by atoms with van der Waals surface area (Å²) < 4.78 is 6.91. The smallest absolute Gasteiger partial charge is 0.326 e. The number of amidine groups is 1. The number of urea groups is 1. The number of piperazine rings is 1. The second-order valence-corrected chi connectivity index (χ2v) is 11.3. The number of rotatable bonds is 6. The number of nitrogens with one attached hydrogen (secondary N) is 1. The molecule has 0 unspecified atom stereocenters. The molecule has 10 nitrogen and oxygen atoms in total. The standard InChI is InChI=1S/C29H27BrClN5O5/c1-17(2)41-24-15-22(36(39)40)10-11-23(24)28-33-26(18-6-8-20(30)9-7-18)27(19-4-3-5-21(31)14-19)35(28)29(38)34-13-12-32-25(37)16-34/h3-11,14-15,17,26-27H,12-13,16H2,1-2H3,(H,32,37)/t26-,27+/m0/s1. The van der Waals surface area contributed by atoms with Crippen molar-refractivity contribution in [2.24, 2.45) is 4.99 Å². The Bertz CT molecular complexity index is 1530. The summed E-state index contributed by atoms with van der Waals surface area (Å²) in [5, 5.41) is 14.9. The van der Waals surface area contributed by atoms with E-state index in [9.17, 15) is 19.7 Å². The van der Waals surface area contributed by atoms with Crippen LogP contribution in [0.15, 0.2) is 76.2 Å². The van der Waals surface area contributed by atoms with Gasteiger partial charge in [0.15, 0.2) is 0 Å². The summed E-state index contributed by atoms with van der Waals surface area (Å²) in [6.07, 6.45) is -0.307. The number of non-ortho nitro benzene ring substituents is 1. The van der Waals surface area contributed by atoms with Crippen LogP contribution in [0.5, 0.6) is 5.75 Å². The lowest BCUT2D eigenvalue weighted by Crippen LogP contribution is -2.55. The number of benzene rings is 3. The molecule has 2 heterocycles. The lowest BCUT2D eigenvalue weighted by atomic mass is 9.93. The molecule has 0 saturated carbocycles. The van der Waals surface area contributed by atoms with Gasteiger partial charge in [-0.1, -0.05) is 51.8 Å². The van der Waals surface area contributed by atoms with E-state index in [1.54, 1.807) is 23.1 Å². The molecule has 2 atom stereocenters. The topological polar surface area (TPSA) is 117 Å². The molecular formula is C29H27BrClN5O5. The van der Waals surface area contributed by atoms with E-state index < -0.39 is 23.0 Å². The van der Waals surface area contributed by atoms with Gasteiger partial charge < -0.3 is 15.0 Å². The maximum atomic E-state index is 14.3. The fourth-order valence-corrected chi connectivity index (χ4v) is 5.46. The molecule has 3 amide bonds. The molecule has 0 spiro atoms. The Morgan fingerprint density at radius 3 is 2.56 bits per heavy atom. The van der Waals surface area contributed by atoms with E-state index in [4.69, 9.17) is 21.3 Å².